The Hall–Kier alpha value is -2.85. The van der Waals surface area contributed by atoms with Gasteiger partial charge >= 0.3 is 11.7 Å². The van der Waals surface area contributed by atoms with Crippen LogP contribution in [0.15, 0.2) is 23.0 Å². The number of fused-ring (bicyclic) bond motifs is 1. The molecular weight excluding hydrogens is 394 g/mol. The first-order valence-electron chi connectivity index (χ1n) is 8.58. The molecule has 28 heavy (non-hydrogen) atoms. The summed E-state index contributed by atoms with van der Waals surface area (Å²) in [6.45, 7) is 2.88. The molecule has 1 aliphatic rings. The Labute approximate surface area is 164 Å². The average Bonchev–Trinajstić information content (AvgIpc) is 2.84. The van der Waals surface area contributed by atoms with Crippen LogP contribution >= 0.6 is 11.6 Å². The first-order chi connectivity index (χ1) is 13.4. The van der Waals surface area contributed by atoms with Crippen LogP contribution in [0, 0.1) is 10.1 Å². The summed E-state index contributed by atoms with van der Waals surface area (Å²) < 4.78 is 18.3. The summed E-state index contributed by atoms with van der Waals surface area (Å²) in [5, 5.41) is 11.6. The van der Waals surface area contributed by atoms with Crippen molar-refractivity contribution in [2.24, 2.45) is 0 Å². The molecule has 1 aliphatic heterocycles. The molecule has 1 aromatic carbocycles. The molecule has 150 valence electrons. The lowest BCUT2D eigenvalue weighted by Crippen LogP contribution is -2.23. The Morgan fingerprint density at radius 1 is 1.32 bits per heavy atom. The molecule has 11 heteroatoms. The Morgan fingerprint density at radius 2 is 2.04 bits per heavy atom. The molecule has 3 rings (SSSR count). The van der Waals surface area contributed by atoms with Gasteiger partial charge in [0.1, 0.15) is 5.15 Å². The van der Waals surface area contributed by atoms with Gasteiger partial charge in [-0.1, -0.05) is 11.6 Å². The second-order valence-corrected chi connectivity index (χ2v) is 6.22. The lowest BCUT2D eigenvalue weighted by molar-refractivity contribution is -0.385. The largest absolute Gasteiger partial charge is 0.475 e. The van der Waals surface area contributed by atoms with Crippen molar-refractivity contribution in [1.29, 1.82) is 0 Å². The van der Waals surface area contributed by atoms with Gasteiger partial charge in [-0.3, -0.25) is 19.6 Å². The summed E-state index contributed by atoms with van der Waals surface area (Å²) in [7, 11) is 0. The summed E-state index contributed by atoms with van der Waals surface area (Å²) >= 11 is 6.39. The van der Waals surface area contributed by atoms with Gasteiger partial charge in [0.05, 0.1) is 43.4 Å². The van der Waals surface area contributed by atoms with Crippen LogP contribution in [0.1, 0.15) is 6.92 Å². The predicted molar refractivity (Wildman–Crippen MR) is 98.7 cm³/mol. The second-order valence-electron chi connectivity index (χ2n) is 5.86. The van der Waals surface area contributed by atoms with Gasteiger partial charge in [0.25, 0.3) is 5.56 Å². The third-order valence-corrected chi connectivity index (χ3v) is 4.55. The number of benzene rings is 1. The van der Waals surface area contributed by atoms with Gasteiger partial charge in [-0.25, -0.2) is 9.48 Å². The minimum Gasteiger partial charge on any atom is -0.475 e. The Kier molecular flexibility index (Phi) is 6.00. The summed E-state index contributed by atoms with van der Waals surface area (Å²) in [5.41, 5.74) is -0.278. The molecule has 2 heterocycles. The van der Waals surface area contributed by atoms with Gasteiger partial charge in [-0.05, 0) is 24.6 Å². The van der Waals surface area contributed by atoms with E-state index >= 15 is 0 Å². The summed E-state index contributed by atoms with van der Waals surface area (Å²) in [5.74, 6) is -0.743. The van der Waals surface area contributed by atoms with E-state index in [4.69, 9.17) is 25.8 Å². The van der Waals surface area contributed by atoms with Crippen LogP contribution in [-0.2, 0) is 27.4 Å². The van der Waals surface area contributed by atoms with E-state index in [-0.39, 0.29) is 34.3 Å². The van der Waals surface area contributed by atoms with E-state index in [1.54, 1.807) is 11.6 Å². The maximum Gasteiger partial charge on any atom is 0.344 e. The topological polar surface area (TPSA) is 115 Å². The van der Waals surface area contributed by atoms with E-state index in [2.05, 4.69) is 0 Å². The number of aromatic nitrogens is 2. The molecule has 0 atom stereocenters. The maximum atomic E-state index is 12.8. The standard InChI is InChI=1S/C17H18ClN3O7/c1-2-27-14(22)10-28-13-4-3-11(9-12(13)21(24)25)15-16(18)19-5-7-26-8-6-20(19)17(15)23/h3-4,9H,2,5-8,10H2,1H3. The van der Waals surface area contributed by atoms with Gasteiger partial charge in [0.2, 0.25) is 0 Å². The SMILES string of the molecule is CCOC(=O)COc1ccc(-c2c(Cl)n3n(c2=O)CCOCC3)cc1[N+](=O)[O-]. The van der Waals surface area contributed by atoms with E-state index in [9.17, 15) is 19.7 Å². The van der Waals surface area contributed by atoms with Crippen molar-refractivity contribution in [3.8, 4) is 16.9 Å². The Bertz CT molecular complexity index is 966. The first-order valence-corrected chi connectivity index (χ1v) is 8.96. The fourth-order valence-electron chi connectivity index (χ4n) is 2.93. The lowest BCUT2D eigenvalue weighted by Gasteiger charge is -2.08. The molecule has 0 fully saturated rings. The monoisotopic (exact) mass is 411 g/mol. The molecule has 0 spiro atoms. The number of hydrogen-bond acceptors (Lipinski definition) is 7. The number of esters is 1. The Balaban J connectivity index is 1.98. The zero-order valence-electron chi connectivity index (χ0n) is 15.1. The third kappa shape index (κ3) is 3.87. The van der Waals surface area contributed by atoms with Crippen LogP contribution in [0.25, 0.3) is 11.1 Å². The maximum absolute atomic E-state index is 12.8. The van der Waals surface area contributed by atoms with Crippen LogP contribution in [-0.4, -0.2) is 46.7 Å². The highest BCUT2D eigenvalue weighted by Crippen LogP contribution is 2.34. The van der Waals surface area contributed by atoms with Gasteiger partial charge in [0.15, 0.2) is 12.4 Å². The Morgan fingerprint density at radius 3 is 2.71 bits per heavy atom. The molecule has 0 aliphatic carbocycles. The number of carbonyl (C=O) groups is 1. The molecule has 0 N–H and O–H groups in total. The molecule has 10 nitrogen and oxygen atoms in total. The molecule has 0 saturated carbocycles. The molecule has 1 aromatic heterocycles. The van der Waals surface area contributed by atoms with Gasteiger partial charge in [0, 0.05) is 6.07 Å². The molecule has 0 radical (unpaired) electrons. The van der Waals surface area contributed by atoms with E-state index in [1.807, 2.05) is 0 Å². The third-order valence-electron chi connectivity index (χ3n) is 4.16. The summed E-state index contributed by atoms with van der Waals surface area (Å²) in [6.07, 6.45) is 0. The molecule has 2 aromatic rings. The molecule has 0 bridgehead atoms. The lowest BCUT2D eigenvalue weighted by atomic mass is 10.1. The van der Waals surface area contributed by atoms with Crippen LogP contribution < -0.4 is 10.3 Å². The van der Waals surface area contributed by atoms with E-state index < -0.39 is 17.5 Å². The smallest absolute Gasteiger partial charge is 0.344 e. The normalized spacial score (nSPS) is 13.5. The summed E-state index contributed by atoms with van der Waals surface area (Å²) in [4.78, 5) is 35.0. The van der Waals surface area contributed by atoms with Crippen molar-refractivity contribution in [2.75, 3.05) is 26.4 Å². The highest BCUT2D eigenvalue weighted by molar-refractivity contribution is 6.32. The number of halogens is 1. The predicted octanol–water partition coefficient (Wildman–Crippen LogP) is 1.85. The van der Waals surface area contributed by atoms with Crippen molar-refractivity contribution in [3.05, 3.63) is 43.8 Å². The number of hydrogen-bond donors (Lipinski definition) is 0. The summed E-state index contributed by atoms with van der Waals surface area (Å²) in [6, 6.07) is 4.03. The number of nitrogens with zero attached hydrogens (tertiary/aromatic N) is 3. The second kappa shape index (κ2) is 8.44. The number of rotatable bonds is 6. The fourth-order valence-corrected chi connectivity index (χ4v) is 3.29. The number of ether oxygens (including phenoxy) is 3. The first kappa shape index (κ1) is 19.9. The number of nitro benzene ring substituents is 1. The van der Waals surface area contributed by atoms with Crippen LogP contribution in [0.2, 0.25) is 5.15 Å². The van der Waals surface area contributed by atoms with Gasteiger partial charge in [-0.2, -0.15) is 0 Å². The van der Waals surface area contributed by atoms with E-state index in [0.717, 1.165) is 0 Å². The van der Waals surface area contributed by atoms with Crippen molar-refractivity contribution >= 4 is 23.3 Å². The van der Waals surface area contributed by atoms with Crippen LogP contribution in [0.4, 0.5) is 5.69 Å². The fraction of sp³-hybridized carbons (Fsp3) is 0.412. The molecule has 0 unspecified atom stereocenters. The van der Waals surface area contributed by atoms with Gasteiger partial charge in [-0.15, -0.1) is 0 Å². The zero-order chi connectivity index (χ0) is 20.3. The van der Waals surface area contributed by atoms with Gasteiger partial charge < -0.3 is 14.2 Å². The average molecular weight is 412 g/mol. The minimum atomic E-state index is -0.648. The highest BCUT2D eigenvalue weighted by Gasteiger charge is 2.25. The van der Waals surface area contributed by atoms with Crippen LogP contribution in [0.5, 0.6) is 5.75 Å². The van der Waals surface area contributed by atoms with E-state index in [1.165, 1.54) is 22.9 Å². The molecule has 0 saturated heterocycles. The molecule has 0 amide bonds. The van der Waals surface area contributed by atoms with E-state index in [0.29, 0.717) is 31.9 Å². The van der Waals surface area contributed by atoms with Crippen molar-refractivity contribution < 1.29 is 23.9 Å². The van der Waals surface area contributed by atoms with Crippen LogP contribution in [0.3, 0.4) is 0 Å². The quantitative estimate of drug-likeness (QED) is 0.404. The van der Waals surface area contributed by atoms with Crippen molar-refractivity contribution in [1.82, 2.24) is 9.36 Å². The zero-order valence-corrected chi connectivity index (χ0v) is 15.8. The molecular formula is C17H18ClN3O7. The van der Waals surface area contributed by atoms with Crippen molar-refractivity contribution in [2.45, 2.75) is 20.0 Å². The minimum absolute atomic E-state index is 0.104. The van der Waals surface area contributed by atoms with Crippen molar-refractivity contribution in [3.63, 3.8) is 0 Å². The number of carbonyl (C=O) groups excluding carboxylic acids is 1. The number of nitro groups is 1. The highest BCUT2D eigenvalue weighted by atomic mass is 35.5.